The quantitative estimate of drug-likeness (QED) is 0.0343. The van der Waals surface area contributed by atoms with Crippen molar-refractivity contribution in [3.63, 3.8) is 0 Å². The van der Waals surface area contributed by atoms with E-state index in [1.807, 2.05) is 115 Å². The summed E-state index contributed by atoms with van der Waals surface area (Å²) >= 11 is 9.08. The molecular formula is C50H45N5O5S3. The lowest BCUT2D eigenvalue weighted by molar-refractivity contribution is -0.144. The van der Waals surface area contributed by atoms with Crippen LogP contribution < -0.4 is 10.6 Å². The number of carbonyl (C=O) groups is 2. The molecule has 0 aliphatic carbocycles. The van der Waals surface area contributed by atoms with Gasteiger partial charge in [-0.05, 0) is 64.4 Å². The van der Waals surface area contributed by atoms with E-state index in [-0.39, 0.29) is 16.7 Å². The molecular weight excluding hydrogens is 847 g/mol. The van der Waals surface area contributed by atoms with Gasteiger partial charge in [-0.15, -0.1) is 23.1 Å². The molecule has 0 radical (unpaired) electrons. The highest BCUT2D eigenvalue weighted by atomic mass is 32.2. The van der Waals surface area contributed by atoms with Gasteiger partial charge in [-0.1, -0.05) is 157 Å². The van der Waals surface area contributed by atoms with Gasteiger partial charge in [0.05, 0.1) is 5.70 Å². The van der Waals surface area contributed by atoms with Crippen molar-refractivity contribution in [3.05, 3.63) is 202 Å². The summed E-state index contributed by atoms with van der Waals surface area (Å²) in [7, 11) is 1.38. The number of hydrogen-bond acceptors (Lipinski definition) is 11. The Morgan fingerprint density at radius 1 is 0.873 bits per heavy atom. The van der Waals surface area contributed by atoms with Gasteiger partial charge in [0.25, 0.3) is 11.8 Å². The molecule has 13 heteroatoms. The van der Waals surface area contributed by atoms with Gasteiger partial charge in [-0.25, -0.2) is 4.98 Å². The van der Waals surface area contributed by atoms with E-state index in [0.29, 0.717) is 41.4 Å². The maximum Gasteiger partial charge on any atom is 0.276 e. The van der Waals surface area contributed by atoms with Gasteiger partial charge in [0, 0.05) is 24.3 Å². The van der Waals surface area contributed by atoms with E-state index < -0.39 is 29.0 Å². The third-order valence-electron chi connectivity index (χ3n) is 11.6. The molecule has 0 saturated carbocycles. The number of rotatable bonds is 15. The van der Waals surface area contributed by atoms with E-state index in [1.54, 1.807) is 22.0 Å². The maximum atomic E-state index is 14.4. The highest BCUT2D eigenvalue weighted by molar-refractivity contribution is 8.00. The maximum absolute atomic E-state index is 14.4. The number of aromatic nitrogens is 1. The molecule has 2 amide bonds. The van der Waals surface area contributed by atoms with Crippen molar-refractivity contribution < 1.29 is 23.9 Å². The number of thiazole rings is 1. The van der Waals surface area contributed by atoms with Gasteiger partial charge in [0.15, 0.2) is 10.8 Å². The Labute approximate surface area is 380 Å². The second-order valence-corrected chi connectivity index (χ2v) is 17.8. The zero-order chi connectivity index (χ0) is 43.2. The Morgan fingerprint density at radius 2 is 1.43 bits per heavy atom. The van der Waals surface area contributed by atoms with Crippen molar-refractivity contribution in [1.82, 2.24) is 15.2 Å². The molecule has 2 fully saturated rings. The third-order valence-corrected chi connectivity index (χ3v) is 14.0. The third kappa shape index (κ3) is 8.66. The van der Waals surface area contributed by atoms with E-state index in [4.69, 9.17) is 31.5 Å². The molecule has 1 aromatic heterocycles. The first kappa shape index (κ1) is 42.2. The minimum Gasteiger partial charge on any atom is -0.469 e. The Hall–Kier alpha value is -6.12. The molecule has 3 atom stereocenters. The number of amides is 2. The molecule has 6 aromatic rings. The molecule has 3 aliphatic heterocycles. The van der Waals surface area contributed by atoms with Gasteiger partial charge in [0.2, 0.25) is 5.05 Å². The van der Waals surface area contributed by atoms with Crippen LogP contribution in [0.3, 0.4) is 0 Å². The monoisotopic (exact) mass is 891 g/mol. The van der Waals surface area contributed by atoms with Crippen LogP contribution in [0.25, 0.3) is 0 Å². The number of carbonyl (C=O) groups excluding carboxylic acids is 2. The van der Waals surface area contributed by atoms with Crippen molar-refractivity contribution in [3.8, 4) is 0 Å². The lowest BCUT2D eigenvalue weighted by Crippen LogP contribution is -2.71. The lowest BCUT2D eigenvalue weighted by atomic mass is 9.77. The van der Waals surface area contributed by atoms with Crippen molar-refractivity contribution in [2.45, 2.75) is 35.9 Å². The lowest BCUT2D eigenvalue weighted by Gasteiger charge is -2.50. The average Bonchev–Trinajstić information content (AvgIpc) is 4.04. The normalized spacial score (nSPS) is 18.7. The molecule has 318 valence electrons. The van der Waals surface area contributed by atoms with Crippen LogP contribution in [0, 0.1) is 5.92 Å². The number of fused-ring (bicyclic) bond motifs is 1. The first-order valence-corrected chi connectivity index (χ1v) is 23.2. The number of nitrogens with one attached hydrogen (secondary N) is 2. The van der Waals surface area contributed by atoms with E-state index in [9.17, 15) is 9.59 Å². The van der Waals surface area contributed by atoms with Gasteiger partial charge < -0.3 is 24.9 Å². The van der Waals surface area contributed by atoms with E-state index in [0.717, 1.165) is 46.2 Å². The van der Waals surface area contributed by atoms with Gasteiger partial charge >= 0.3 is 0 Å². The molecule has 9 rings (SSSR count). The molecule has 3 aliphatic rings. The Morgan fingerprint density at radius 3 is 1.95 bits per heavy atom. The number of β-lactam (4-membered cyclic amide) rings is 1. The van der Waals surface area contributed by atoms with Crippen LogP contribution in [-0.2, 0) is 29.4 Å². The van der Waals surface area contributed by atoms with Crippen LogP contribution in [0.15, 0.2) is 173 Å². The van der Waals surface area contributed by atoms with Gasteiger partial charge in [-0.2, -0.15) is 0 Å². The van der Waals surface area contributed by atoms with Crippen molar-refractivity contribution in [2.24, 2.45) is 11.1 Å². The fourth-order valence-corrected chi connectivity index (χ4v) is 11.0. The molecule has 0 spiro atoms. The first-order valence-electron chi connectivity index (χ1n) is 20.8. The smallest absolute Gasteiger partial charge is 0.276 e. The molecule has 63 heavy (non-hydrogen) atoms. The predicted octanol–water partition coefficient (Wildman–Crippen LogP) is 9.11. The largest absolute Gasteiger partial charge is 0.469 e. The van der Waals surface area contributed by atoms with Crippen LogP contribution in [0.1, 0.15) is 52.5 Å². The predicted molar refractivity (Wildman–Crippen MR) is 252 cm³/mol. The Bertz CT molecular complexity index is 2470. The summed E-state index contributed by atoms with van der Waals surface area (Å²) in [5, 5.41) is 13.0. The summed E-state index contributed by atoms with van der Waals surface area (Å²) in [5.41, 5.74) is 5.96. The van der Waals surface area contributed by atoms with Gasteiger partial charge in [-0.3, -0.25) is 14.5 Å². The summed E-state index contributed by atoms with van der Waals surface area (Å²) in [6.45, 7) is 1.36. The van der Waals surface area contributed by atoms with E-state index >= 15 is 0 Å². The highest BCUT2D eigenvalue weighted by Gasteiger charge is 2.54. The van der Waals surface area contributed by atoms with Crippen LogP contribution in [0.4, 0.5) is 5.13 Å². The SMILES string of the molecule is CO/N=C(\C(=O)NC1C(=O)N2C(C(=S)OC(c3ccccc3)c3ccccc3)=C(CC3CCOC3)CS[C@H]12)c1csc(NC(c2ccccc2)(c2ccccc2)c2ccccc2)n1. The van der Waals surface area contributed by atoms with Crippen LogP contribution in [0.5, 0.6) is 0 Å². The number of oxime groups is 1. The topological polar surface area (TPSA) is 114 Å². The summed E-state index contributed by atoms with van der Waals surface area (Å²) < 4.78 is 12.5. The average molecular weight is 892 g/mol. The molecule has 5 aromatic carbocycles. The highest BCUT2D eigenvalue weighted by Crippen LogP contribution is 2.45. The minimum absolute atomic E-state index is 0.0521. The Kier molecular flexibility index (Phi) is 12.8. The number of ether oxygens (including phenoxy) is 2. The second-order valence-electron chi connectivity index (χ2n) is 15.5. The van der Waals surface area contributed by atoms with E-state index in [2.05, 4.69) is 52.2 Å². The number of thiocarbonyl (C=S) groups is 1. The summed E-state index contributed by atoms with van der Waals surface area (Å²) in [6.07, 6.45) is 1.17. The van der Waals surface area contributed by atoms with Crippen molar-refractivity contribution in [2.75, 3.05) is 31.4 Å². The Balaban J connectivity index is 0.976. The number of benzene rings is 5. The number of nitrogens with zero attached hydrogens (tertiary/aromatic N) is 3. The van der Waals surface area contributed by atoms with Crippen LogP contribution in [-0.4, -0.2) is 70.0 Å². The molecule has 0 bridgehead atoms. The standard InChI is InChI=1S/C50H45N5O5S3/c1-58-54-41(40-32-63-49(51-40)53-50(37-21-11-4-12-22-37,38-23-13-5-14-24-38)39-25-15-6-16-26-39)45(56)52-42-46(57)55-43(36(31-62-47(42)55)29-33-27-28-59-30-33)48(61)60-44(34-17-7-2-8-18-34)35-19-9-3-10-20-35/h2-26,32-33,42,44,47H,27-31H2,1H3,(H,51,53)(H,52,56)/b54-41-/t33?,42?,47-/m1/s1. The molecule has 4 heterocycles. The van der Waals surface area contributed by atoms with Crippen molar-refractivity contribution in [1.29, 1.82) is 0 Å². The zero-order valence-corrected chi connectivity index (χ0v) is 36.9. The fourth-order valence-electron chi connectivity index (χ4n) is 8.55. The van der Waals surface area contributed by atoms with Crippen LogP contribution >= 0.6 is 35.3 Å². The summed E-state index contributed by atoms with van der Waals surface area (Å²) in [4.78, 5) is 40.5. The first-order chi connectivity index (χ1) is 30.9. The van der Waals surface area contributed by atoms with Crippen molar-refractivity contribution >= 4 is 63.0 Å². The molecule has 2 unspecified atom stereocenters. The summed E-state index contributed by atoms with van der Waals surface area (Å²) in [5.74, 6) is 0.0564. The second kappa shape index (κ2) is 19.1. The number of anilines is 1. The number of hydrogen-bond donors (Lipinski definition) is 2. The zero-order valence-electron chi connectivity index (χ0n) is 34.5. The van der Waals surface area contributed by atoms with Gasteiger partial charge in [0.1, 0.15) is 35.9 Å². The molecule has 10 nitrogen and oxygen atoms in total. The number of thioether (sulfide) groups is 1. The minimum atomic E-state index is -0.851. The molecule has 2 saturated heterocycles. The van der Waals surface area contributed by atoms with E-state index in [1.165, 1.54) is 18.4 Å². The fraction of sp³-hybridized carbons (Fsp3) is 0.220. The summed E-state index contributed by atoms with van der Waals surface area (Å²) in [6, 6.07) is 49.6. The molecule has 2 N–H and O–H groups in total. The van der Waals surface area contributed by atoms with Crippen LogP contribution in [0.2, 0.25) is 0 Å².